The number of guanidine groups is 1. The minimum Gasteiger partial charge on any atom is -0.454 e. The van der Waals surface area contributed by atoms with Crippen LogP contribution in [-0.4, -0.2) is 36.2 Å². The average Bonchev–Trinajstić information content (AvgIpc) is 3.20. The first kappa shape index (κ1) is 21.0. The van der Waals surface area contributed by atoms with Gasteiger partial charge in [0.2, 0.25) is 6.79 Å². The summed E-state index contributed by atoms with van der Waals surface area (Å²) in [5.41, 5.74) is 2.02. The van der Waals surface area contributed by atoms with E-state index in [0.29, 0.717) is 29.6 Å². The second-order valence-electron chi connectivity index (χ2n) is 5.70. The monoisotopic (exact) mass is 508 g/mol. The van der Waals surface area contributed by atoms with E-state index in [9.17, 15) is 0 Å². The van der Waals surface area contributed by atoms with E-state index in [2.05, 4.69) is 20.6 Å². The van der Waals surface area contributed by atoms with Crippen LogP contribution < -0.4 is 14.8 Å². The van der Waals surface area contributed by atoms with E-state index in [0.717, 1.165) is 28.8 Å². The van der Waals surface area contributed by atoms with Crippen molar-refractivity contribution < 1.29 is 9.47 Å². The summed E-state index contributed by atoms with van der Waals surface area (Å²) in [5.74, 6) is 2.10. The molecule has 1 aromatic heterocycles. The van der Waals surface area contributed by atoms with Crippen molar-refractivity contribution in [2.24, 2.45) is 4.99 Å². The standard InChI is InChI=1S/C17H21ClN4O2S.HI/c1-4-19-17(22(3)8-13-9-25-11(2)21-13)20-7-12-5-14(18)16-15(6-12)23-10-24-16;/h5-6,9H,4,7-8,10H2,1-3H3,(H,19,20);1H. The number of fused-ring (bicyclic) bond motifs is 1. The van der Waals surface area contributed by atoms with Crippen molar-refractivity contribution in [2.75, 3.05) is 20.4 Å². The lowest BCUT2D eigenvalue weighted by Gasteiger charge is -2.21. The van der Waals surface area contributed by atoms with Crippen molar-refractivity contribution >= 4 is 52.9 Å². The summed E-state index contributed by atoms with van der Waals surface area (Å²) >= 11 is 7.89. The number of ether oxygens (including phenoxy) is 2. The van der Waals surface area contributed by atoms with Gasteiger partial charge in [-0.15, -0.1) is 35.3 Å². The highest BCUT2D eigenvalue weighted by atomic mass is 127. The smallest absolute Gasteiger partial charge is 0.231 e. The van der Waals surface area contributed by atoms with Crippen LogP contribution in [0.3, 0.4) is 0 Å². The molecule has 0 atom stereocenters. The molecule has 2 aromatic rings. The lowest BCUT2D eigenvalue weighted by atomic mass is 10.2. The topological polar surface area (TPSA) is 59.0 Å². The number of aryl methyl sites for hydroxylation is 1. The van der Waals surface area contributed by atoms with Crippen LogP contribution in [0.15, 0.2) is 22.5 Å². The normalized spacial score (nSPS) is 12.7. The van der Waals surface area contributed by atoms with Crippen molar-refractivity contribution in [3.05, 3.63) is 38.8 Å². The summed E-state index contributed by atoms with van der Waals surface area (Å²) in [6.07, 6.45) is 0. The maximum absolute atomic E-state index is 6.24. The molecule has 0 radical (unpaired) electrons. The molecule has 1 aliphatic heterocycles. The maximum Gasteiger partial charge on any atom is 0.231 e. The molecule has 26 heavy (non-hydrogen) atoms. The maximum atomic E-state index is 6.24. The van der Waals surface area contributed by atoms with Crippen molar-refractivity contribution in [1.82, 2.24) is 15.2 Å². The number of thiazole rings is 1. The molecule has 2 heterocycles. The molecule has 3 rings (SSSR count). The van der Waals surface area contributed by atoms with Crippen molar-refractivity contribution in [3.8, 4) is 11.5 Å². The number of nitrogens with one attached hydrogen (secondary N) is 1. The third-order valence-corrected chi connectivity index (χ3v) is 4.76. The van der Waals surface area contributed by atoms with E-state index in [1.165, 1.54) is 0 Å². The Labute approximate surface area is 179 Å². The lowest BCUT2D eigenvalue weighted by molar-refractivity contribution is 0.174. The SMILES string of the molecule is CCNC(=NCc1cc(Cl)c2c(c1)OCO2)N(C)Cc1csc(C)n1.I. The molecule has 0 bridgehead atoms. The van der Waals surface area contributed by atoms with Gasteiger partial charge in [-0.05, 0) is 31.5 Å². The second kappa shape index (κ2) is 9.61. The van der Waals surface area contributed by atoms with Gasteiger partial charge in [0.05, 0.1) is 28.8 Å². The number of nitrogens with zero attached hydrogens (tertiary/aromatic N) is 3. The van der Waals surface area contributed by atoms with Crippen LogP contribution in [0.25, 0.3) is 0 Å². The Morgan fingerprint density at radius 2 is 2.23 bits per heavy atom. The van der Waals surface area contributed by atoms with E-state index in [1.807, 2.05) is 33.0 Å². The Balaban J connectivity index is 0.00000243. The van der Waals surface area contributed by atoms with Gasteiger partial charge in [0.15, 0.2) is 17.5 Å². The fourth-order valence-electron chi connectivity index (χ4n) is 2.55. The quantitative estimate of drug-likeness (QED) is 0.375. The van der Waals surface area contributed by atoms with E-state index in [-0.39, 0.29) is 30.8 Å². The highest BCUT2D eigenvalue weighted by molar-refractivity contribution is 14.0. The zero-order valence-electron chi connectivity index (χ0n) is 14.9. The minimum absolute atomic E-state index is 0. The fourth-order valence-corrected chi connectivity index (χ4v) is 3.44. The third kappa shape index (κ3) is 5.14. The molecule has 9 heteroatoms. The molecular weight excluding hydrogens is 487 g/mol. The molecule has 0 unspecified atom stereocenters. The van der Waals surface area contributed by atoms with Crippen molar-refractivity contribution in [2.45, 2.75) is 26.9 Å². The number of benzene rings is 1. The fraction of sp³-hybridized carbons (Fsp3) is 0.412. The number of hydrogen-bond donors (Lipinski definition) is 1. The Morgan fingerprint density at radius 3 is 2.92 bits per heavy atom. The molecule has 1 aliphatic rings. The van der Waals surface area contributed by atoms with Crippen LogP contribution in [0, 0.1) is 6.92 Å². The average molecular weight is 509 g/mol. The van der Waals surface area contributed by atoms with Crippen LogP contribution in [0.4, 0.5) is 0 Å². The highest BCUT2D eigenvalue weighted by Gasteiger charge is 2.18. The van der Waals surface area contributed by atoms with Gasteiger partial charge >= 0.3 is 0 Å². The molecule has 0 amide bonds. The molecule has 1 N–H and O–H groups in total. The molecular formula is C17H22ClIN4O2S. The van der Waals surface area contributed by atoms with Gasteiger partial charge < -0.3 is 19.7 Å². The molecule has 0 saturated heterocycles. The van der Waals surface area contributed by atoms with Gasteiger partial charge in [0, 0.05) is 19.0 Å². The molecule has 142 valence electrons. The zero-order chi connectivity index (χ0) is 17.8. The number of hydrogen-bond acceptors (Lipinski definition) is 5. The van der Waals surface area contributed by atoms with Crippen molar-refractivity contribution in [3.63, 3.8) is 0 Å². The van der Waals surface area contributed by atoms with E-state index in [4.69, 9.17) is 26.1 Å². The number of rotatable bonds is 5. The van der Waals surface area contributed by atoms with Gasteiger partial charge in [0.25, 0.3) is 0 Å². The van der Waals surface area contributed by atoms with Crippen LogP contribution >= 0.6 is 46.9 Å². The van der Waals surface area contributed by atoms with E-state index >= 15 is 0 Å². The van der Waals surface area contributed by atoms with E-state index < -0.39 is 0 Å². The Hall–Kier alpha value is -1.26. The van der Waals surface area contributed by atoms with Gasteiger partial charge in [-0.25, -0.2) is 9.98 Å². The summed E-state index contributed by atoms with van der Waals surface area (Å²) < 4.78 is 10.8. The van der Waals surface area contributed by atoms with Crippen LogP contribution in [-0.2, 0) is 13.1 Å². The summed E-state index contributed by atoms with van der Waals surface area (Å²) in [6.45, 7) is 6.27. The predicted molar refractivity (Wildman–Crippen MR) is 116 cm³/mol. The summed E-state index contributed by atoms with van der Waals surface area (Å²) in [6, 6.07) is 3.79. The Kier molecular flexibility index (Phi) is 7.78. The highest BCUT2D eigenvalue weighted by Crippen LogP contribution is 2.39. The van der Waals surface area contributed by atoms with Crippen LogP contribution in [0.1, 0.15) is 23.2 Å². The Morgan fingerprint density at radius 1 is 1.42 bits per heavy atom. The van der Waals surface area contributed by atoms with Gasteiger partial charge in [-0.3, -0.25) is 0 Å². The predicted octanol–water partition coefficient (Wildman–Crippen LogP) is 4.05. The van der Waals surface area contributed by atoms with Crippen molar-refractivity contribution in [1.29, 1.82) is 0 Å². The molecule has 0 spiro atoms. The van der Waals surface area contributed by atoms with Gasteiger partial charge in [-0.2, -0.15) is 0 Å². The zero-order valence-corrected chi connectivity index (χ0v) is 18.8. The molecule has 0 saturated carbocycles. The molecule has 0 aliphatic carbocycles. The first-order chi connectivity index (χ1) is 12.1. The van der Waals surface area contributed by atoms with Gasteiger partial charge in [0.1, 0.15) is 0 Å². The number of halogens is 2. The van der Waals surface area contributed by atoms with Crippen LogP contribution in [0.5, 0.6) is 11.5 Å². The summed E-state index contributed by atoms with van der Waals surface area (Å²) in [5, 5.41) is 7.01. The molecule has 1 aromatic carbocycles. The Bertz CT molecular complexity index is 784. The number of aliphatic imine (C=N–C) groups is 1. The molecule has 0 fully saturated rings. The molecule has 6 nitrogen and oxygen atoms in total. The first-order valence-electron chi connectivity index (χ1n) is 8.05. The third-order valence-electron chi connectivity index (χ3n) is 3.66. The van der Waals surface area contributed by atoms with Gasteiger partial charge in [-0.1, -0.05) is 11.6 Å². The minimum atomic E-state index is 0. The van der Waals surface area contributed by atoms with Crippen LogP contribution in [0.2, 0.25) is 5.02 Å². The summed E-state index contributed by atoms with van der Waals surface area (Å²) in [7, 11) is 2.00. The largest absolute Gasteiger partial charge is 0.454 e. The second-order valence-corrected chi connectivity index (χ2v) is 7.16. The lowest BCUT2D eigenvalue weighted by Crippen LogP contribution is -2.38. The first-order valence-corrected chi connectivity index (χ1v) is 9.31. The number of aromatic nitrogens is 1. The van der Waals surface area contributed by atoms with E-state index in [1.54, 1.807) is 11.3 Å². The summed E-state index contributed by atoms with van der Waals surface area (Å²) in [4.78, 5) is 11.3.